The zero-order valence-corrected chi connectivity index (χ0v) is 17.1. The average Bonchev–Trinajstić information content (AvgIpc) is 3.21. The Morgan fingerprint density at radius 2 is 1.93 bits per heavy atom. The van der Waals surface area contributed by atoms with Gasteiger partial charge in [0.2, 0.25) is 11.8 Å². The summed E-state index contributed by atoms with van der Waals surface area (Å²) in [6.45, 7) is 2.97. The lowest BCUT2D eigenvalue weighted by Gasteiger charge is -2.31. The molecule has 0 aromatic carbocycles. The molecule has 4 rings (SSSR count). The Morgan fingerprint density at radius 1 is 1.10 bits per heavy atom. The minimum Gasteiger partial charge on any atom is -0.481 e. The Morgan fingerprint density at radius 3 is 2.57 bits per heavy atom. The van der Waals surface area contributed by atoms with Gasteiger partial charge in [0.25, 0.3) is 5.91 Å². The third kappa shape index (κ3) is 3.73. The summed E-state index contributed by atoms with van der Waals surface area (Å²) in [6.07, 6.45) is 3.39. The lowest BCUT2D eigenvalue weighted by molar-refractivity contribution is -0.133. The highest BCUT2D eigenvalue weighted by Crippen LogP contribution is 2.24. The summed E-state index contributed by atoms with van der Waals surface area (Å²) in [5.41, 5.74) is 3.29. The fourth-order valence-electron chi connectivity index (χ4n) is 3.20. The molecule has 4 heterocycles. The summed E-state index contributed by atoms with van der Waals surface area (Å²) in [4.78, 5) is 36.9. The van der Waals surface area contributed by atoms with Gasteiger partial charge in [0.05, 0.1) is 30.4 Å². The van der Waals surface area contributed by atoms with Gasteiger partial charge in [-0.3, -0.25) is 14.6 Å². The molecule has 9 heteroatoms. The molecule has 0 bridgehead atoms. The van der Waals surface area contributed by atoms with Crippen molar-refractivity contribution in [3.8, 4) is 23.0 Å². The molecule has 0 unspecified atom stereocenters. The van der Waals surface area contributed by atoms with Crippen molar-refractivity contribution in [3.05, 3.63) is 54.0 Å². The summed E-state index contributed by atoms with van der Waals surface area (Å²) in [5, 5.41) is 4.53. The number of amides is 2. The monoisotopic (exact) mass is 406 g/mol. The number of carbonyl (C=O) groups is 2. The molecule has 9 nitrogen and oxygen atoms in total. The first-order valence-electron chi connectivity index (χ1n) is 9.53. The highest BCUT2D eigenvalue weighted by Gasteiger charge is 2.28. The molecule has 1 fully saturated rings. The topological polar surface area (TPSA) is 93.5 Å². The molecular weight excluding hydrogens is 384 g/mol. The molecule has 3 aromatic heterocycles. The molecule has 3 aromatic rings. The van der Waals surface area contributed by atoms with Gasteiger partial charge in [-0.25, -0.2) is 9.67 Å². The van der Waals surface area contributed by atoms with Crippen LogP contribution in [0.3, 0.4) is 0 Å². The summed E-state index contributed by atoms with van der Waals surface area (Å²) < 4.78 is 6.76. The Labute approximate surface area is 173 Å². The fourth-order valence-corrected chi connectivity index (χ4v) is 3.20. The predicted molar refractivity (Wildman–Crippen MR) is 109 cm³/mol. The first-order chi connectivity index (χ1) is 14.5. The van der Waals surface area contributed by atoms with Crippen LogP contribution in [0.2, 0.25) is 0 Å². The second-order valence-corrected chi connectivity index (χ2v) is 7.15. The van der Waals surface area contributed by atoms with E-state index >= 15 is 0 Å². The van der Waals surface area contributed by atoms with E-state index in [1.807, 2.05) is 25.1 Å². The van der Waals surface area contributed by atoms with Crippen molar-refractivity contribution in [2.24, 2.45) is 0 Å². The SMILES string of the molecule is COc1ccc(-n2nc(C(=O)N3CCN(C)C(=O)C3)cc2-c2ccc(C)cn2)cn1. The zero-order valence-electron chi connectivity index (χ0n) is 17.1. The summed E-state index contributed by atoms with van der Waals surface area (Å²) in [7, 11) is 3.28. The van der Waals surface area contributed by atoms with Crippen LogP contribution < -0.4 is 4.74 Å². The van der Waals surface area contributed by atoms with Gasteiger partial charge in [-0.2, -0.15) is 5.10 Å². The maximum Gasteiger partial charge on any atom is 0.274 e. The molecule has 154 valence electrons. The van der Waals surface area contributed by atoms with Gasteiger partial charge in [-0.1, -0.05) is 6.07 Å². The maximum absolute atomic E-state index is 13.1. The lowest BCUT2D eigenvalue weighted by Crippen LogP contribution is -2.50. The molecule has 0 N–H and O–H groups in total. The number of piperazine rings is 1. The molecule has 0 saturated carbocycles. The first kappa shape index (κ1) is 19.6. The number of aromatic nitrogens is 4. The lowest BCUT2D eigenvalue weighted by atomic mass is 10.2. The van der Waals surface area contributed by atoms with Gasteiger partial charge >= 0.3 is 0 Å². The van der Waals surface area contributed by atoms with Crippen LogP contribution in [-0.2, 0) is 4.79 Å². The Kier molecular flexibility index (Phi) is 5.18. The second-order valence-electron chi connectivity index (χ2n) is 7.15. The average molecular weight is 406 g/mol. The number of carbonyl (C=O) groups excluding carboxylic acids is 2. The van der Waals surface area contributed by atoms with E-state index in [0.29, 0.717) is 36.0 Å². The number of pyridine rings is 2. The van der Waals surface area contributed by atoms with Crippen molar-refractivity contribution >= 4 is 11.8 Å². The van der Waals surface area contributed by atoms with Crippen molar-refractivity contribution < 1.29 is 14.3 Å². The number of likely N-dealkylation sites (N-methyl/N-ethyl adjacent to an activating group) is 1. The molecule has 0 atom stereocenters. The number of aryl methyl sites for hydroxylation is 1. The van der Waals surface area contributed by atoms with Crippen LogP contribution >= 0.6 is 0 Å². The van der Waals surface area contributed by atoms with E-state index < -0.39 is 0 Å². The van der Waals surface area contributed by atoms with E-state index in [1.165, 1.54) is 4.90 Å². The van der Waals surface area contributed by atoms with Crippen molar-refractivity contribution in [1.29, 1.82) is 0 Å². The Balaban J connectivity index is 1.74. The van der Waals surface area contributed by atoms with Crippen LogP contribution in [-0.4, -0.2) is 75.2 Å². The molecule has 0 radical (unpaired) electrons. The summed E-state index contributed by atoms with van der Waals surface area (Å²) >= 11 is 0. The number of ether oxygens (including phenoxy) is 1. The highest BCUT2D eigenvalue weighted by atomic mass is 16.5. The van der Waals surface area contributed by atoms with E-state index in [-0.39, 0.29) is 24.1 Å². The van der Waals surface area contributed by atoms with E-state index in [2.05, 4.69) is 15.1 Å². The standard InChI is InChI=1S/C21H22N6O3/c1-14-4-6-16(22-11-14)18-10-17(21(29)26-9-8-25(2)20(28)13-26)24-27(18)15-5-7-19(30-3)23-12-15/h4-7,10-12H,8-9,13H2,1-3H3. The van der Waals surface area contributed by atoms with Gasteiger partial charge in [0, 0.05) is 32.4 Å². The summed E-state index contributed by atoms with van der Waals surface area (Å²) in [5.74, 6) is 0.104. The third-order valence-electron chi connectivity index (χ3n) is 5.02. The molecule has 30 heavy (non-hydrogen) atoms. The fraction of sp³-hybridized carbons (Fsp3) is 0.286. The molecule has 1 saturated heterocycles. The van der Waals surface area contributed by atoms with Crippen molar-refractivity contribution in [3.63, 3.8) is 0 Å². The van der Waals surface area contributed by atoms with Crippen molar-refractivity contribution in [1.82, 2.24) is 29.5 Å². The van der Waals surface area contributed by atoms with E-state index in [4.69, 9.17) is 4.74 Å². The van der Waals surface area contributed by atoms with Crippen molar-refractivity contribution in [2.75, 3.05) is 33.8 Å². The van der Waals surface area contributed by atoms with Crippen LogP contribution in [0.15, 0.2) is 42.7 Å². The third-order valence-corrected chi connectivity index (χ3v) is 5.02. The van der Waals surface area contributed by atoms with Crippen LogP contribution in [0, 0.1) is 6.92 Å². The molecule has 0 spiro atoms. The van der Waals surface area contributed by atoms with Crippen LogP contribution in [0.5, 0.6) is 5.88 Å². The van der Waals surface area contributed by atoms with E-state index in [1.54, 1.807) is 48.3 Å². The first-order valence-corrected chi connectivity index (χ1v) is 9.53. The predicted octanol–water partition coefficient (Wildman–Crippen LogP) is 1.56. The second kappa shape index (κ2) is 7.94. The maximum atomic E-state index is 13.1. The quantitative estimate of drug-likeness (QED) is 0.653. The molecule has 0 aliphatic carbocycles. The highest BCUT2D eigenvalue weighted by molar-refractivity contribution is 5.96. The number of hydrogen-bond donors (Lipinski definition) is 0. The number of methoxy groups -OCH3 is 1. The molecular formula is C21H22N6O3. The van der Waals surface area contributed by atoms with Crippen LogP contribution in [0.4, 0.5) is 0 Å². The largest absolute Gasteiger partial charge is 0.481 e. The number of rotatable bonds is 4. The van der Waals surface area contributed by atoms with E-state index in [9.17, 15) is 9.59 Å². The van der Waals surface area contributed by atoms with Gasteiger partial charge in [0.15, 0.2) is 5.69 Å². The molecule has 1 aliphatic rings. The van der Waals surface area contributed by atoms with E-state index in [0.717, 1.165) is 5.56 Å². The van der Waals surface area contributed by atoms with Gasteiger partial charge < -0.3 is 14.5 Å². The van der Waals surface area contributed by atoms with Crippen LogP contribution in [0.1, 0.15) is 16.1 Å². The summed E-state index contributed by atoms with van der Waals surface area (Å²) in [6, 6.07) is 9.07. The van der Waals surface area contributed by atoms with Gasteiger partial charge in [0.1, 0.15) is 6.54 Å². The zero-order chi connectivity index (χ0) is 21.3. The Bertz CT molecular complexity index is 1080. The Hall–Kier alpha value is -3.75. The number of nitrogens with zero attached hydrogens (tertiary/aromatic N) is 6. The molecule has 1 aliphatic heterocycles. The number of hydrogen-bond acceptors (Lipinski definition) is 6. The normalized spacial score (nSPS) is 14.2. The smallest absolute Gasteiger partial charge is 0.274 e. The van der Waals surface area contributed by atoms with Gasteiger partial charge in [-0.15, -0.1) is 0 Å². The van der Waals surface area contributed by atoms with Crippen LogP contribution in [0.25, 0.3) is 17.1 Å². The minimum absolute atomic E-state index is 0.0460. The minimum atomic E-state index is -0.287. The van der Waals surface area contributed by atoms with Gasteiger partial charge in [-0.05, 0) is 30.7 Å². The van der Waals surface area contributed by atoms with Crippen molar-refractivity contribution in [2.45, 2.75) is 6.92 Å². The molecule has 2 amide bonds.